The molecule has 0 atom stereocenters. The average Bonchev–Trinajstić information content (AvgIpc) is 2.59. The summed E-state index contributed by atoms with van der Waals surface area (Å²) < 4.78 is 0. The summed E-state index contributed by atoms with van der Waals surface area (Å²) in [5.74, 6) is 0. The van der Waals surface area contributed by atoms with E-state index in [0.717, 1.165) is 6.54 Å². The lowest BCUT2D eigenvalue weighted by atomic mass is 9.75. The predicted octanol–water partition coefficient (Wildman–Crippen LogP) is 5.79. The molecule has 1 aromatic carbocycles. The standard InChI is InChI=1S/C21H36N2.2ClH/c1-19(2)22-17-11-6-12-18-23(3)21(15-9-5-10-16-21)20-13-7-4-8-14-20;;/h4,7-8,13-14,19,22H,5-6,9-12,15-18H2,1-3H3;2*1H. The van der Waals surface area contributed by atoms with E-state index < -0.39 is 0 Å². The normalized spacial score (nSPS) is 16.4. The quantitative estimate of drug-likeness (QED) is 0.538. The molecule has 25 heavy (non-hydrogen) atoms. The van der Waals surface area contributed by atoms with Crippen molar-refractivity contribution in [2.45, 2.75) is 76.8 Å². The van der Waals surface area contributed by atoms with Gasteiger partial charge in [0.25, 0.3) is 0 Å². The van der Waals surface area contributed by atoms with Gasteiger partial charge in [0.2, 0.25) is 0 Å². The molecule has 0 radical (unpaired) electrons. The van der Waals surface area contributed by atoms with Crippen LogP contribution in [0.5, 0.6) is 0 Å². The van der Waals surface area contributed by atoms with Gasteiger partial charge in [-0.25, -0.2) is 0 Å². The number of rotatable bonds is 9. The fourth-order valence-corrected chi connectivity index (χ4v) is 4.03. The number of hydrogen-bond donors (Lipinski definition) is 1. The Labute approximate surface area is 168 Å². The molecule has 1 saturated carbocycles. The monoisotopic (exact) mass is 388 g/mol. The van der Waals surface area contributed by atoms with E-state index in [4.69, 9.17) is 0 Å². The van der Waals surface area contributed by atoms with Crippen LogP contribution in [0.2, 0.25) is 0 Å². The van der Waals surface area contributed by atoms with Crippen molar-refractivity contribution in [3.8, 4) is 0 Å². The molecule has 4 heteroatoms. The second kappa shape index (κ2) is 13.0. The Bertz CT molecular complexity index is 431. The molecule has 1 N–H and O–H groups in total. The molecule has 1 aliphatic carbocycles. The summed E-state index contributed by atoms with van der Waals surface area (Å²) in [6.07, 6.45) is 10.7. The zero-order chi connectivity index (χ0) is 16.5. The van der Waals surface area contributed by atoms with E-state index in [2.05, 4.69) is 61.4 Å². The first-order valence-corrected chi connectivity index (χ1v) is 9.65. The Morgan fingerprint density at radius 3 is 2.20 bits per heavy atom. The van der Waals surface area contributed by atoms with Gasteiger partial charge in [0.1, 0.15) is 0 Å². The van der Waals surface area contributed by atoms with Crippen LogP contribution in [-0.2, 0) is 5.54 Å². The maximum absolute atomic E-state index is 3.52. The van der Waals surface area contributed by atoms with E-state index in [1.54, 1.807) is 0 Å². The third-order valence-corrected chi connectivity index (χ3v) is 5.45. The summed E-state index contributed by atoms with van der Waals surface area (Å²) in [5, 5.41) is 3.52. The highest BCUT2D eigenvalue weighted by molar-refractivity contribution is 5.85. The summed E-state index contributed by atoms with van der Waals surface area (Å²) >= 11 is 0. The van der Waals surface area contributed by atoms with Crippen LogP contribution in [0.4, 0.5) is 0 Å². The van der Waals surface area contributed by atoms with Crippen LogP contribution in [0.25, 0.3) is 0 Å². The van der Waals surface area contributed by atoms with Gasteiger partial charge >= 0.3 is 0 Å². The maximum atomic E-state index is 3.52. The Morgan fingerprint density at radius 1 is 0.960 bits per heavy atom. The van der Waals surface area contributed by atoms with Crippen molar-refractivity contribution in [1.82, 2.24) is 10.2 Å². The minimum atomic E-state index is 0. The number of nitrogens with one attached hydrogen (secondary N) is 1. The van der Waals surface area contributed by atoms with E-state index in [1.165, 1.54) is 63.5 Å². The van der Waals surface area contributed by atoms with Gasteiger partial charge < -0.3 is 5.32 Å². The van der Waals surface area contributed by atoms with Crippen LogP contribution in [0.3, 0.4) is 0 Å². The van der Waals surface area contributed by atoms with E-state index in [1.807, 2.05) is 0 Å². The van der Waals surface area contributed by atoms with E-state index >= 15 is 0 Å². The molecule has 0 heterocycles. The molecule has 2 nitrogen and oxygen atoms in total. The number of hydrogen-bond acceptors (Lipinski definition) is 2. The summed E-state index contributed by atoms with van der Waals surface area (Å²) in [5.41, 5.74) is 1.82. The number of halogens is 2. The van der Waals surface area contributed by atoms with E-state index in [-0.39, 0.29) is 30.4 Å². The first-order chi connectivity index (χ1) is 11.1. The molecule has 2 rings (SSSR count). The predicted molar refractivity (Wildman–Crippen MR) is 115 cm³/mol. The molecule has 0 unspecified atom stereocenters. The lowest BCUT2D eigenvalue weighted by molar-refractivity contribution is 0.0707. The fraction of sp³-hybridized carbons (Fsp3) is 0.714. The number of benzene rings is 1. The summed E-state index contributed by atoms with van der Waals surface area (Å²) in [7, 11) is 2.35. The topological polar surface area (TPSA) is 15.3 Å². The molecule has 0 saturated heterocycles. The Kier molecular flexibility index (Phi) is 12.8. The third kappa shape index (κ3) is 7.46. The Morgan fingerprint density at radius 2 is 1.60 bits per heavy atom. The highest BCUT2D eigenvalue weighted by atomic mass is 35.5. The molecular formula is C21H38Cl2N2. The Hall–Kier alpha value is -0.280. The van der Waals surface area contributed by atoms with Crippen LogP contribution in [0.1, 0.15) is 70.8 Å². The summed E-state index contributed by atoms with van der Waals surface area (Å²) in [6, 6.07) is 11.8. The zero-order valence-corrected chi connectivity index (χ0v) is 17.9. The zero-order valence-electron chi connectivity index (χ0n) is 16.3. The van der Waals surface area contributed by atoms with Gasteiger partial charge in [-0.2, -0.15) is 0 Å². The van der Waals surface area contributed by atoms with Gasteiger partial charge in [0.05, 0.1) is 0 Å². The van der Waals surface area contributed by atoms with Gasteiger partial charge in [0.15, 0.2) is 0 Å². The average molecular weight is 389 g/mol. The lowest BCUT2D eigenvalue weighted by Gasteiger charge is -2.45. The van der Waals surface area contributed by atoms with E-state index in [0.29, 0.717) is 6.04 Å². The molecule has 1 aromatic rings. The molecule has 0 amide bonds. The number of unbranched alkanes of at least 4 members (excludes halogenated alkanes) is 2. The van der Waals surface area contributed by atoms with Crippen LogP contribution < -0.4 is 5.32 Å². The van der Waals surface area contributed by atoms with Crippen molar-refractivity contribution in [2.24, 2.45) is 0 Å². The van der Waals surface area contributed by atoms with Crippen molar-refractivity contribution in [3.05, 3.63) is 35.9 Å². The highest BCUT2D eigenvalue weighted by Crippen LogP contribution is 2.41. The van der Waals surface area contributed by atoms with Crippen LogP contribution in [0.15, 0.2) is 30.3 Å². The molecule has 1 aliphatic rings. The fourth-order valence-electron chi connectivity index (χ4n) is 4.03. The van der Waals surface area contributed by atoms with Crippen molar-refractivity contribution >= 4 is 24.8 Å². The van der Waals surface area contributed by atoms with Crippen molar-refractivity contribution in [1.29, 1.82) is 0 Å². The van der Waals surface area contributed by atoms with Crippen LogP contribution in [-0.4, -0.2) is 31.1 Å². The Balaban J connectivity index is 0.00000288. The van der Waals surface area contributed by atoms with E-state index in [9.17, 15) is 0 Å². The molecule has 0 bridgehead atoms. The second-order valence-electron chi connectivity index (χ2n) is 7.55. The van der Waals surface area contributed by atoms with Gasteiger partial charge in [-0.05, 0) is 51.4 Å². The third-order valence-electron chi connectivity index (χ3n) is 5.45. The smallest absolute Gasteiger partial charge is 0.0457 e. The molecule has 0 spiro atoms. The van der Waals surface area contributed by atoms with Gasteiger partial charge in [-0.1, -0.05) is 69.9 Å². The van der Waals surface area contributed by atoms with Gasteiger partial charge in [0, 0.05) is 11.6 Å². The minimum Gasteiger partial charge on any atom is -0.315 e. The van der Waals surface area contributed by atoms with Crippen molar-refractivity contribution in [3.63, 3.8) is 0 Å². The summed E-state index contributed by atoms with van der Waals surface area (Å²) in [4.78, 5) is 2.66. The van der Waals surface area contributed by atoms with Gasteiger partial charge in [-0.15, -0.1) is 24.8 Å². The van der Waals surface area contributed by atoms with Gasteiger partial charge in [-0.3, -0.25) is 4.90 Å². The largest absolute Gasteiger partial charge is 0.315 e. The van der Waals surface area contributed by atoms with Crippen LogP contribution >= 0.6 is 24.8 Å². The molecule has 0 aromatic heterocycles. The molecule has 1 fully saturated rings. The van der Waals surface area contributed by atoms with Crippen molar-refractivity contribution < 1.29 is 0 Å². The van der Waals surface area contributed by atoms with Crippen molar-refractivity contribution in [2.75, 3.05) is 20.1 Å². The molecule has 146 valence electrons. The molecule has 0 aliphatic heterocycles. The van der Waals surface area contributed by atoms with Crippen LogP contribution in [0, 0.1) is 0 Å². The molecular weight excluding hydrogens is 351 g/mol. The lowest BCUT2D eigenvalue weighted by Crippen LogP contribution is -2.45. The summed E-state index contributed by atoms with van der Waals surface area (Å²) in [6.45, 7) is 6.82. The first-order valence-electron chi connectivity index (χ1n) is 9.65. The first kappa shape index (κ1) is 24.7. The highest BCUT2D eigenvalue weighted by Gasteiger charge is 2.37. The maximum Gasteiger partial charge on any atom is 0.0457 e. The second-order valence-corrected chi connectivity index (χ2v) is 7.55. The SMILES string of the molecule is CC(C)NCCCCCN(C)C1(c2ccccc2)CCCCC1.Cl.Cl. The number of nitrogens with zero attached hydrogens (tertiary/aromatic N) is 1. The minimum absolute atomic E-state index is 0.